The third kappa shape index (κ3) is 4.00. The van der Waals surface area contributed by atoms with Crippen molar-refractivity contribution in [1.29, 1.82) is 0 Å². The Morgan fingerprint density at radius 3 is 2.25 bits per heavy atom. The smallest absolute Gasteiger partial charge is 0.306 e. The first kappa shape index (κ1) is 27.4. The predicted octanol–water partition coefficient (Wildman–Crippen LogP) is 3.68. The van der Waals surface area contributed by atoms with Crippen molar-refractivity contribution in [3.8, 4) is 0 Å². The van der Waals surface area contributed by atoms with E-state index in [2.05, 4.69) is 6.92 Å². The Balaban J connectivity index is 1.62. The molecule has 7 heteroatoms. The molecule has 3 N–H and O–H groups in total. The van der Waals surface area contributed by atoms with Gasteiger partial charge in [0.1, 0.15) is 17.3 Å². The Kier molecular flexibility index (Phi) is 6.86. The van der Waals surface area contributed by atoms with E-state index in [0.717, 1.165) is 0 Å². The number of fused-ring (bicyclic) bond motifs is 5. The number of carboxylic acid groups (broad SMARTS) is 1. The lowest BCUT2D eigenvalue weighted by Crippen LogP contribution is -2.65. The van der Waals surface area contributed by atoms with E-state index in [4.69, 9.17) is 5.11 Å². The maximum Gasteiger partial charge on any atom is 0.306 e. The van der Waals surface area contributed by atoms with Gasteiger partial charge in [0, 0.05) is 43.4 Å². The van der Waals surface area contributed by atoms with Gasteiger partial charge in [0.25, 0.3) is 0 Å². The Morgan fingerprint density at radius 2 is 1.64 bits per heavy atom. The Morgan fingerprint density at radius 1 is 1.00 bits per heavy atom. The molecule has 0 spiro atoms. The molecule has 0 saturated heterocycles. The van der Waals surface area contributed by atoms with Crippen LogP contribution < -0.4 is 0 Å². The molecule has 0 amide bonds. The lowest BCUT2D eigenvalue weighted by atomic mass is 9.40. The first-order valence-corrected chi connectivity index (χ1v) is 13.7. The first-order chi connectivity index (χ1) is 16.6. The number of aliphatic hydroxyl groups is 2. The van der Waals surface area contributed by atoms with Gasteiger partial charge in [-0.3, -0.25) is 19.2 Å². The first-order valence-electron chi connectivity index (χ1n) is 13.7. The monoisotopic (exact) mass is 504 g/mol. The van der Waals surface area contributed by atoms with E-state index in [1.54, 1.807) is 0 Å². The standard InChI is InChI=1S/C29H44O7/c1-14(9-16(30)10-15(2)26(35)36)17-11-19(32)24-23-18(31)12-21-27(3,4)22(34)7-8-28(21,5)25(23)20(33)13-29(17,24)6/h14-15,17,19,21-25,32,34H,7-13H2,1-6H3,(H,35,36)/t14?,15?,17-,19+,21?,22+,23?,24+,25?,28+,29-/m1/s1. The van der Waals surface area contributed by atoms with E-state index in [0.29, 0.717) is 25.7 Å². The van der Waals surface area contributed by atoms with Crippen LogP contribution in [-0.4, -0.2) is 50.8 Å². The SMILES string of the molecule is CC(CC(=O)CC(C)[C@H]1C[C@H](O)[C@H]2C3C(=O)CC4C(C)(C)[C@@H](O)CC[C@]4(C)C3C(=O)C[C@]12C)C(=O)O. The number of aliphatic hydroxyl groups excluding tert-OH is 2. The van der Waals surface area contributed by atoms with Crippen LogP contribution in [0.2, 0.25) is 0 Å². The summed E-state index contributed by atoms with van der Waals surface area (Å²) >= 11 is 0. The van der Waals surface area contributed by atoms with Crippen molar-refractivity contribution in [3.63, 3.8) is 0 Å². The largest absolute Gasteiger partial charge is 0.481 e. The van der Waals surface area contributed by atoms with Crippen LogP contribution >= 0.6 is 0 Å². The lowest BCUT2D eigenvalue weighted by molar-refractivity contribution is -0.192. The molecule has 4 rings (SSSR count). The second-order valence-corrected chi connectivity index (χ2v) is 13.9. The van der Waals surface area contributed by atoms with E-state index in [-0.39, 0.29) is 60.3 Å². The van der Waals surface area contributed by atoms with Crippen LogP contribution in [0.3, 0.4) is 0 Å². The molecule has 5 unspecified atom stereocenters. The van der Waals surface area contributed by atoms with Gasteiger partial charge in [0.15, 0.2) is 0 Å². The molecule has 11 atom stereocenters. The van der Waals surface area contributed by atoms with Gasteiger partial charge in [-0.1, -0.05) is 41.5 Å². The number of ketones is 3. The molecule has 36 heavy (non-hydrogen) atoms. The van der Waals surface area contributed by atoms with Crippen LogP contribution in [0.1, 0.15) is 86.5 Å². The third-order valence-corrected chi connectivity index (χ3v) is 11.4. The van der Waals surface area contributed by atoms with E-state index in [9.17, 15) is 29.4 Å². The molecule has 4 fully saturated rings. The number of Topliss-reactive ketones (excluding diaryl/α,β-unsaturated/α-hetero) is 3. The summed E-state index contributed by atoms with van der Waals surface area (Å²) in [6.07, 6.45) is 1.29. The van der Waals surface area contributed by atoms with Crippen molar-refractivity contribution >= 4 is 23.3 Å². The van der Waals surface area contributed by atoms with Crippen LogP contribution in [0.5, 0.6) is 0 Å². The molecular weight excluding hydrogens is 460 g/mol. The van der Waals surface area contributed by atoms with Crippen LogP contribution in [0.15, 0.2) is 0 Å². The van der Waals surface area contributed by atoms with Crippen molar-refractivity contribution in [2.45, 2.75) is 98.7 Å². The van der Waals surface area contributed by atoms with Crippen LogP contribution in [-0.2, 0) is 19.2 Å². The quantitative estimate of drug-likeness (QED) is 0.503. The van der Waals surface area contributed by atoms with Crippen molar-refractivity contribution in [3.05, 3.63) is 0 Å². The topological polar surface area (TPSA) is 129 Å². The second kappa shape index (κ2) is 9.00. The summed E-state index contributed by atoms with van der Waals surface area (Å²) in [6.45, 7) is 11.6. The Labute approximate surface area is 214 Å². The van der Waals surface area contributed by atoms with Crippen LogP contribution in [0.4, 0.5) is 0 Å². The number of rotatable bonds is 6. The summed E-state index contributed by atoms with van der Waals surface area (Å²) in [4.78, 5) is 51.6. The molecule has 4 aliphatic rings. The van der Waals surface area contributed by atoms with Gasteiger partial charge < -0.3 is 15.3 Å². The molecule has 0 heterocycles. The molecule has 202 valence electrons. The van der Waals surface area contributed by atoms with Crippen molar-refractivity contribution in [2.24, 2.45) is 57.7 Å². The molecule has 0 aromatic heterocycles. The van der Waals surface area contributed by atoms with E-state index in [1.165, 1.54) is 6.92 Å². The van der Waals surface area contributed by atoms with Gasteiger partial charge in [-0.25, -0.2) is 0 Å². The zero-order valence-corrected chi connectivity index (χ0v) is 22.6. The average molecular weight is 505 g/mol. The maximum atomic E-state index is 14.0. The number of hydrogen-bond acceptors (Lipinski definition) is 6. The summed E-state index contributed by atoms with van der Waals surface area (Å²) in [5.41, 5.74) is -1.45. The molecule has 0 bridgehead atoms. The van der Waals surface area contributed by atoms with Gasteiger partial charge in [0.05, 0.1) is 18.1 Å². The molecule has 4 aliphatic carbocycles. The second-order valence-electron chi connectivity index (χ2n) is 13.9. The highest BCUT2D eigenvalue weighted by molar-refractivity contribution is 5.94. The molecule has 7 nitrogen and oxygen atoms in total. The molecular formula is C29H44O7. The summed E-state index contributed by atoms with van der Waals surface area (Å²) in [6, 6.07) is 0. The Bertz CT molecular complexity index is 955. The zero-order chi connectivity index (χ0) is 27.0. The van der Waals surface area contributed by atoms with Gasteiger partial charge in [-0.2, -0.15) is 0 Å². The minimum Gasteiger partial charge on any atom is -0.481 e. The van der Waals surface area contributed by atoms with Gasteiger partial charge in [0.2, 0.25) is 0 Å². The van der Waals surface area contributed by atoms with E-state index < -0.39 is 52.2 Å². The number of carbonyl (C=O) groups excluding carboxylic acids is 3. The van der Waals surface area contributed by atoms with Crippen molar-refractivity contribution in [2.75, 3.05) is 0 Å². The van der Waals surface area contributed by atoms with Gasteiger partial charge in [-0.05, 0) is 53.3 Å². The Hall–Kier alpha value is -1.60. The van der Waals surface area contributed by atoms with Gasteiger partial charge in [-0.15, -0.1) is 0 Å². The van der Waals surface area contributed by atoms with Crippen LogP contribution in [0, 0.1) is 57.7 Å². The summed E-state index contributed by atoms with van der Waals surface area (Å²) in [5.74, 6) is -3.36. The van der Waals surface area contributed by atoms with Gasteiger partial charge >= 0.3 is 5.97 Å². The number of hydrogen-bond donors (Lipinski definition) is 3. The molecule has 0 aromatic carbocycles. The average Bonchev–Trinajstić information content (AvgIpc) is 3.02. The van der Waals surface area contributed by atoms with Crippen LogP contribution in [0.25, 0.3) is 0 Å². The predicted molar refractivity (Wildman–Crippen MR) is 133 cm³/mol. The number of aliphatic carboxylic acids is 1. The number of carbonyl (C=O) groups is 4. The number of carboxylic acids is 1. The highest BCUT2D eigenvalue weighted by Crippen LogP contribution is 2.68. The molecule has 4 saturated carbocycles. The molecule has 0 aromatic rings. The summed E-state index contributed by atoms with van der Waals surface area (Å²) in [7, 11) is 0. The zero-order valence-electron chi connectivity index (χ0n) is 22.6. The van der Waals surface area contributed by atoms with Crippen molar-refractivity contribution < 1.29 is 34.5 Å². The minimum absolute atomic E-state index is 0.0292. The summed E-state index contributed by atoms with van der Waals surface area (Å²) < 4.78 is 0. The summed E-state index contributed by atoms with van der Waals surface area (Å²) in [5, 5.41) is 31.2. The lowest BCUT2D eigenvalue weighted by Gasteiger charge is -2.63. The normalized spacial score (nSPS) is 45.3. The highest BCUT2D eigenvalue weighted by atomic mass is 16.4. The maximum absolute atomic E-state index is 14.0. The minimum atomic E-state index is -0.996. The third-order valence-electron chi connectivity index (χ3n) is 11.4. The molecule has 0 radical (unpaired) electrons. The fraction of sp³-hybridized carbons (Fsp3) is 0.862. The van der Waals surface area contributed by atoms with E-state index >= 15 is 0 Å². The fourth-order valence-corrected chi connectivity index (χ4v) is 9.50. The van der Waals surface area contributed by atoms with Crippen molar-refractivity contribution in [1.82, 2.24) is 0 Å². The van der Waals surface area contributed by atoms with E-state index in [1.807, 2.05) is 27.7 Å². The highest BCUT2D eigenvalue weighted by Gasteiger charge is 2.70. The fourth-order valence-electron chi connectivity index (χ4n) is 9.50. The molecule has 0 aliphatic heterocycles.